The van der Waals surface area contributed by atoms with Crippen LogP contribution in [-0.4, -0.2) is 49.6 Å². The van der Waals surface area contributed by atoms with Crippen LogP contribution >= 0.6 is 11.3 Å². The number of rotatable bonds is 7. The Balaban J connectivity index is 1.51. The van der Waals surface area contributed by atoms with Gasteiger partial charge in [-0.15, -0.1) is 11.3 Å². The number of para-hydroxylation sites is 1. The van der Waals surface area contributed by atoms with Gasteiger partial charge in [0.15, 0.2) is 21.3 Å². The maximum atomic E-state index is 13.5. The van der Waals surface area contributed by atoms with E-state index in [1.807, 2.05) is 35.7 Å². The second kappa shape index (κ2) is 9.44. The van der Waals surface area contributed by atoms with Gasteiger partial charge in [-0.25, -0.2) is 13.4 Å². The number of carbonyl (C=O) groups excluding carboxylic acids is 1. The number of thiophene rings is 1. The predicted octanol–water partition coefficient (Wildman–Crippen LogP) is 4.41. The number of nitrogens with zero attached hydrogens (tertiary/aromatic N) is 3. The van der Waals surface area contributed by atoms with Gasteiger partial charge in [-0.2, -0.15) is 5.10 Å². The minimum absolute atomic E-state index is 0.137. The van der Waals surface area contributed by atoms with Gasteiger partial charge in [-0.1, -0.05) is 30.3 Å². The highest BCUT2D eigenvalue weighted by Gasteiger charge is 2.36. The Bertz CT molecular complexity index is 1570. The van der Waals surface area contributed by atoms with Gasteiger partial charge in [0, 0.05) is 30.6 Å². The molecule has 0 unspecified atom stereocenters. The highest BCUT2D eigenvalue weighted by atomic mass is 32.2. The monoisotopic (exact) mass is 523 g/mol. The van der Waals surface area contributed by atoms with E-state index in [9.17, 15) is 13.2 Å². The maximum Gasteiger partial charge on any atom is 0.258 e. The maximum absolute atomic E-state index is 13.5. The summed E-state index contributed by atoms with van der Waals surface area (Å²) in [5, 5.41) is 8.44. The van der Waals surface area contributed by atoms with Gasteiger partial charge in [0.2, 0.25) is 0 Å². The molecule has 1 aliphatic heterocycles. The molecule has 0 aliphatic carbocycles. The van der Waals surface area contributed by atoms with E-state index in [-0.39, 0.29) is 4.90 Å². The van der Waals surface area contributed by atoms with Gasteiger partial charge in [-0.05, 0) is 35.2 Å². The molecule has 4 aromatic rings. The Labute approximate surface area is 213 Å². The lowest BCUT2D eigenvalue weighted by atomic mass is 10.0. The van der Waals surface area contributed by atoms with Crippen LogP contribution in [0, 0.1) is 0 Å². The van der Waals surface area contributed by atoms with E-state index in [0.29, 0.717) is 23.3 Å². The summed E-state index contributed by atoms with van der Waals surface area (Å²) in [5.41, 5.74) is 2.30. The number of hydrogen-bond acceptors (Lipinski definition) is 7. The third-order valence-corrected chi connectivity index (χ3v) is 8.81. The number of ether oxygens (including phenoxy) is 2. The van der Waals surface area contributed by atoms with Crippen LogP contribution < -0.4 is 9.47 Å². The molecule has 0 N–H and O–H groups in total. The van der Waals surface area contributed by atoms with Crippen molar-refractivity contribution in [2.45, 2.75) is 17.4 Å². The molecule has 1 atom stereocenters. The first-order chi connectivity index (χ1) is 17.3. The predicted molar refractivity (Wildman–Crippen MR) is 140 cm³/mol. The molecule has 36 heavy (non-hydrogen) atoms. The number of benzene rings is 2. The lowest BCUT2D eigenvalue weighted by molar-refractivity contribution is -0.130. The van der Waals surface area contributed by atoms with E-state index in [2.05, 4.69) is 5.10 Å². The van der Waals surface area contributed by atoms with E-state index < -0.39 is 27.5 Å². The Morgan fingerprint density at radius 3 is 2.58 bits per heavy atom. The summed E-state index contributed by atoms with van der Waals surface area (Å²) >= 11 is 1.52. The number of methoxy groups -OCH3 is 2. The van der Waals surface area contributed by atoms with Crippen molar-refractivity contribution in [3.8, 4) is 11.5 Å². The molecule has 2 aromatic heterocycles. The number of carbonyl (C=O) groups is 1. The van der Waals surface area contributed by atoms with E-state index >= 15 is 0 Å². The minimum Gasteiger partial charge on any atom is -0.493 e. The van der Waals surface area contributed by atoms with E-state index in [1.165, 1.54) is 16.3 Å². The first-order valence-electron chi connectivity index (χ1n) is 11.2. The third-order valence-electron chi connectivity index (χ3n) is 6.27. The topological polar surface area (TPSA) is 90.2 Å². The number of hydrazone groups is 1. The number of aryl methyl sites for hydroxylation is 1. The number of hydrogen-bond donors (Lipinski definition) is 0. The highest BCUT2D eigenvalue weighted by molar-refractivity contribution is 7.92. The van der Waals surface area contributed by atoms with Crippen molar-refractivity contribution in [3.63, 3.8) is 0 Å². The first-order valence-corrected chi connectivity index (χ1v) is 13.8. The molecule has 0 spiro atoms. The van der Waals surface area contributed by atoms with E-state index in [1.54, 1.807) is 56.3 Å². The largest absolute Gasteiger partial charge is 0.493 e. The summed E-state index contributed by atoms with van der Waals surface area (Å²) in [6, 6.07) is 16.0. The fourth-order valence-electron chi connectivity index (χ4n) is 4.51. The zero-order valence-electron chi connectivity index (χ0n) is 20.0. The second-order valence-electron chi connectivity index (χ2n) is 8.48. The van der Waals surface area contributed by atoms with Gasteiger partial charge in [-0.3, -0.25) is 4.79 Å². The van der Waals surface area contributed by atoms with Crippen LogP contribution in [0.5, 0.6) is 11.5 Å². The first kappa shape index (κ1) is 24.1. The van der Waals surface area contributed by atoms with Crippen LogP contribution in [0.3, 0.4) is 0 Å². The number of sulfone groups is 1. The van der Waals surface area contributed by atoms with Gasteiger partial charge in [0.1, 0.15) is 5.75 Å². The Hall–Kier alpha value is -3.63. The van der Waals surface area contributed by atoms with E-state index in [0.717, 1.165) is 21.7 Å². The molecule has 8 nitrogen and oxygen atoms in total. The molecule has 0 fully saturated rings. The normalized spacial score (nSPS) is 15.8. The molecule has 10 heteroatoms. The molecule has 0 bridgehead atoms. The number of aromatic nitrogens is 1. The van der Waals surface area contributed by atoms with Crippen LogP contribution in [0.1, 0.15) is 22.9 Å². The fourth-order valence-corrected chi connectivity index (χ4v) is 6.67. The second-order valence-corrected chi connectivity index (χ2v) is 11.4. The van der Waals surface area contributed by atoms with Crippen molar-refractivity contribution in [2.24, 2.45) is 12.1 Å². The standard InChI is InChI=1S/C26H25N3O5S2/c1-28-15-25(18-7-4-5-8-20(18)28)36(31,32)16-26(30)29-21(14-19(27-29)24-9-6-12-35-24)17-10-11-22(33-2)23(13-17)34-3/h4-13,15,21H,14,16H2,1-3H3/t21-/m0/s1. The van der Waals surface area contributed by atoms with Crippen LogP contribution in [-0.2, 0) is 21.7 Å². The molecule has 1 amide bonds. The summed E-state index contributed by atoms with van der Waals surface area (Å²) in [4.78, 5) is 14.6. The van der Waals surface area contributed by atoms with Crippen molar-refractivity contribution in [1.29, 1.82) is 0 Å². The molecule has 5 rings (SSSR count). The molecule has 186 valence electrons. The average Bonchev–Trinajstić information content (AvgIpc) is 3.62. The smallest absolute Gasteiger partial charge is 0.258 e. The SMILES string of the molecule is COc1ccc([C@@H]2CC(c3cccs3)=NN2C(=O)CS(=O)(=O)c2cn(C)c3ccccc23)cc1OC. The van der Waals surface area contributed by atoms with Crippen LogP contribution in [0.15, 0.2) is 76.2 Å². The quantitative estimate of drug-likeness (QED) is 0.358. The fraction of sp³-hybridized carbons (Fsp3) is 0.231. The van der Waals surface area contributed by atoms with E-state index in [4.69, 9.17) is 9.47 Å². The molecule has 0 saturated carbocycles. The molecule has 3 heterocycles. The zero-order chi connectivity index (χ0) is 25.4. The Morgan fingerprint density at radius 2 is 1.86 bits per heavy atom. The average molecular weight is 524 g/mol. The summed E-state index contributed by atoms with van der Waals surface area (Å²) in [5.74, 6) is -0.189. The van der Waals surface area contributed by atoms with Gasteiger partial charge in [0.05, 0.1) is 35.7 Å². The van der Waals surface area contributed by atoms with Crippen molar-refractivity contribution in [1.82, 2.24) is 9.58 Å². The van der Waals surface area contributed by atoms with Crippen molar-refractivity contribution in [2.75, 3.05) is 20.0 Å². The molecule has 0 saturated heterocycles. The van der Waals surface area contributed by atoms with Gasteiger partial charge < -0.3 is 14.0 Å². The van der Waals surface area contributed by atoms with Crippen LogP contribution in [0.25, 0.3) is 10.9 Å². The van der Waals surface area contributed by atoms with Crippen molar-refractivity contribution in [3.05, 3.63) is 76.6 Å². The Morgan fingerprint density at radius 1 is 1.08 bits per heavy atom. The van der Waals surface area contributed by atoms with Crippen molar-refractivity contribution >= 4 is 43.7 Å². The Kier molecular flexibility index (Phi) is 6.31. The summed E-state index contributed by atoms with van der Waals surface area (Å²) in [6.45, 7) is 0. The summed E-state index contributed by atoms with van der Waals surface area (Å²) in [6.07, 6.45) is 2.01. The lowest BCUT2D eigenvalue weighted by Crippen LogP contribution is -2.32. The molecular weight excluding hydrogens is 498 g/mol. The summed E-state index contributed by atoms with van der Waals surface area (Å²) < 4.78 is 39.4. The van der Waals surface area contributed by atoms with Crippen molar-refractivity contribution < 1.29 is 22.7 Å². The van der Waals surface area contributed by atoms with Gasteiger partial charge >= 0.3 is 0 Å². The third kappa shape index (κ3) is 4.27. The lowest BCUT2D eigenvalue weighted by Gasteiger charge is -2.23. The van der Waals surface area contributed by atoms with Gasteiger partial charge in [0.25, 0.3) is 5.91 Å². The zero-order valence-corrected chi connectivity index (χ0v) is 21.7. The van der Waals surface area contributed by atoms with Crippen LogP contribution in [0.4, 0.5) is 0 Å². The molecule has 2 aromatic carbocycles. The molecule has 0 radical (unpaired) electrons. The minimum atomic E-state index is -3.93. The molecular formula is C26H25N3O5S2. The summed E-state index contributed by atoms with van der Waals surface area (Å²) in [7, 11) is 0.959. The number of fused-ring (bicyclic) bond motifs is 1. The molecule has 1 aliphatic rings. The highest BCUT2D eigenvalue weighted by Crippen LogP contribution is 2.38. The number of amides is 1. The van der Waals surface area contributed by atoms with Crippen LogP contribution in [0.2, 0.25) is 0 Å².